The number of carbonyl (C=O) groups excluding carboxylic acids is 2. The molecule has 2 aromatic carbocycles. The van der Waals surface area contributed by atoms with Gasteiger partial charge in [-0.1, -0.05) is 12.1 Å². The van der Waals surface area contributed by atoms with Crippen molar-refractivity contribution >= 4 is 17.6 Å². The molecule has 0 aliphatic heterocycles. The average Bonchev–Trinajstić information content (AvgIpc) is 2.56. The molecule has 0 unspecified atom stereocenters. The lowest BCUT2D eigenvalue weighted by molar-refractivity contribution is -0.118. The molecule has 0 aliphatic carbocycles. The smallest absolute Gasteiger partial charge is 0.338 e. The molecular weight excluding hydrogens is 318 g/mol. The Kier molecular flexibility index (Phi) is 6.17. The third kappa shape index (κ3) is 5.35. The fourth-order valence-corrected chi connectivity index (χ4v) is 2.19. The van der Waals surface area contributed by atoms with Crippen LogP contribution < -0.4 is 10.1 Å². The van der Waals surface area contributed by atoms with Crippen molar-refractivity contribution in [1.82, 2.24) is 0 Å². The van der Waals surface area contributed by atoms with Gasteiger partial charge in [-0.05, 0) is 69.2 Å². The van der Waals surface area contributed by atoms with Crippen molar-refractivity contribution in [3.63, 3.8) is 0 Å². The van der Waals surface area contributed by atoms with Crippen molar-refractivity contribution in [3.8, 4) is 5.75 Å². The van der Waals surface area contributed by atoms with Gasteiger partial charge in [0.1, 0.15) is 5.75 Å². The molecule has 0 aromatic heterocycles. The van der Waals surface area contributed by atoms with Gasteiger partial charge in [0.25, 0.3) is 5.91 Å². The van der Waals surface area contributed by atoms with E-state index < -0.39 is 0 Å². The molecule has 132 valence electrons. The minimum absolute atomic E-state index is 0.0819. The molecule has 0 spiro atoms. The Labute approximate surface area is 148 Å². The lowest BCUT2D eigenvalue weighted by atomic mass is 10.1. The molecule has 0 saturated heterocycles. The third-order valence-electron chi connectivity index (χ3n) is 3.66. The van der Waals surface area contributed by atoms with Gasteiger partial charge in [-0.3, -0.25) is 4.79 Å². The molecule has 0 radical (unpaired) electrons. The highest BCUT2D eigenvalue weighted by Gasteiger charge is 2.10. The van der Waals surface area contributed by atoms with E-state index in [-0.39, 0.29) is 24.6 Å². The molecule has 0 saturated carbocycles. The molecule has 2 rings (SSSR count). The summed E-state index contributed by atoms with van der Waals surface area (Å²) in [5.41, 5.74) is 3.17. The van der Waals surface area contributed by atoms with Crippen LogP contribution in [0.5, 0.6) is 5.75 Å². The van der Waals surface area contributed by atoms with Crippen LogP contribution in [-0.4, -0.2) is 24.6 Å². The van der Waals surface area contributed by atoms with Crippen LogP contribution in [0.1, 0.15) is 35.3 Å². The summed E-state index contributed by atoms with van der Waals surface area (Å²) in [6.45, 7) is 7.46. The topological polar surface area (TPSA) is 64.6 Å². The van der Waals surface area contributed by atoms with Gasteiger partial charge < -0.3 is 14.8 Å². The van der Waals surface area contributed by atoms with Gasteiger partial charge in [0.05, 0.1) is 11.7 Å². The van der Waals surface area contributed by atoms with Crippen molar-refractivity contribution in [3.05, 3.63) is 59.2 Å². The van der Waals surface area contributed by atoms with E-state index in [1.165, 1.54) is 0 Å². The Bertz CT molecular complexity index is 751. The van der Waals surface area contributed by atoms with Gasteiger partial charge in [0.2, 0.25) is 0 Å². The zero-order valence-electron chi connectivity index (χ0n) is 15.0. The monoisotopic (exact) mass is 341 g/mol. The van der Waals surface area contributed by atoms with E-state index in [0.717, 1.165) is 11.1 Å². The second kappa shape index (κ2) is 8.33. The first-order valence-corrected chi connectivity index (χ1v) is 8.16. The van der Waals surface area contributed by atoms with Crippen LogP contribution in [0.2, 0.25) is 0 Å². The highest BCUT2D eigenvalue weighted by molar-refractivity contribution is 5.93. The summed E-state index contributed by atoms with van der Waals surface area (Å²) in [5.74, 6) is 0.0477. The largest absolute Gasteiger partial charge is 0.483 e. The summed E-state index contributed by atoms with van der Waals surface area (Å²) in [6, 6.07) is 12.3. The first-order chi connectivity index (χ1) is 11.9. The fraction of sp³-hybridized carbons (Fsp3) is 0.300. The molecule has 0 heterocycles. The molecular formula is C20H23NO4. The number of ether oxygens (including phenoxy) is 2. The van der Waals surface area contributed by atoms with Gasteiger partial charge in [0.15, 0.2) is 6.61 Å². The molecule has 0 fully saturated rings. The SMILES string of the molecule is Cc1cccc(OCC(=O)Nc2ccc(C(=O)OC(C)C)cc2)c1C. The number of aryl methyl sites for hydroxylation is 1. The predicted octanol–water partition coefficient (Wildman–Crippen LogP) is 3.89. The van der Waals surface area contributed by atoms with Gasteiger partial charge >= 0.3 is 5.97 Å². The van der Waals surface area contributed by atoms with Crippen molar-refractivity contribution in [2.75, 3.05) is 11.9 Å². The van der Waals surface area contributed by atoms with Crippen LogP contribution in [0.4, 0.5) is 5.69 Å². The number of hydrogen-bond acceptors (Lipinski definition) is 4. The van der Waals surface area contributed by atoms with Crippen molar-refractivity contribution in [2.24, 2.45) is 0 Å². The van der Waals surface area contributed by atoms with Gasteiger partial charge in [-0.2, -0.15) is 0 Å². The number of esters is 1. The second-order valence-corrected chi connectivity index (χ2v) is 6.07. The van der Waals surface area contributed by atoms with E-state index in [1.54, 1.807) is 38.1 Å². The average molecular weight is 341 g/mol. The number of amides is 1. The summed E-state index contributed by atoms with van der Waals surface area (Å²) < 4.78 is 10.7. The van der Waals surface area contributed by atoms with Gasteiger partial charge in [0, 0.05) is 5.69 Å². The predicted molar refractivity (Wildman–Crippen MR) is 97.0 cm³/mol. The van der Waals surface area contributed by atoms with Crippen LogP contribution in [0.3, 0.4) is 0 Å². The summed E-state index contributed by atoms with van der Waals surface area (Å²) in [6.07, 6.45) is -0.172. The Balaban J connectivity index is 1.90. The lowest BCUT2D eigenvalue weighted by Gasteiger charge is -2.11. The molecule has 5 heteroatoms. The standard InChI is InChI=1S/C20H23NO4/c1-13(2)25-20(23)16-8-10-17(11-9-16)21-19(22)12-24-18-7-5-6-14(3)15(18)4/h5-11,13H,12H2,1-4H3,(H,21,22). The number of benzene rings is 2. The summed E-state index contributed by atoms with van der Waals surface area (Å²) in [4.78, 5) is 23.8. The lowest BCUT2D eigenvalue weighted by Crippen LogP contribution is -2.20. The first-order valence-electron chi connectivity index (χ1n) is 8.16. The van der Waals surface area contributed by atoms with Crippen molar-refractivity contribution < 1.29 is 19.1 Å². The zero-order valence-corrected chi connectivity index (χ0v) is 15.0. The molecule has 0 aliphatic rings. The Morgan fingerprint density at radius 3 is 2.36 bits per heavy atom. The minimum atomic E-state index is -0.383. The number of anilines is 1. The van der Waals surface area contributed by atoms with E-state index in [0.29, 0.717) is 17.0 Å². The Morgan fingerprint density at radius 2 is 1.72 bits per heavy atom. The van der Waals surface area contributed by atoms with Crippen molar-refractivity contribution in [1.29, 1.82) is 0 Å². The normalized spacial score (nSPS) is 10.4. The molecule has 1 N–H and O–H groups in total. The van der Waals surface area contributed by atoms with Gasteiger partial charge in [-0.15, -0.1) is 0 Å². The Morgan fingerprint density at radius 1 is 1.04 bits per heavy atom. The number of nitrogens with one attached hydrogen (secondary N) is 1. The summed E-state index contributed by atoms with van der Waals surface area (Å²) in [7, 11) is 0. The molecule has 0 atom stereocenters. The highest BCUT2D eigenvalue weighted by atomic mass is 16.5. The van der Waals surface area contributed by atoms with E-state index in [2.05, 4.69) is 5.32 Å². The number of rotatable bonds is 6. The fourth-order valence-electron chi connectivity index (χ4n) is 2.19. The number of hydrogen-bond donors (Lipinski definition) is 1. The first kappa shape index (κ1) is 18.5. The van der Waals surface area contributed by atoms with Crippen LogP contribution in [-0.2, 0) is 9.53 Å². The third-order valence-corrected chi connectivity index (χ3v) is 3.66. The van der Waals surface area contributed by atoms with Crippen LogP contribution in [0.15, 0.2) is 42.5 Å². The minimum Gasteiger partial charge on any atom is -0.483 e. The van der Waals surface area contributed by atoms with E-state index in [9.17, 15) is 9.59 Å². The van der Waals surface area contributed by atoms with E-state index >= 15 is 0 Å². The maximum atomic E-state index is 12.0. The zero-order chi connectivity index (χ0) is 18.4. The van der Waals surface area contributed by atoms with Crippen LogP contribution >= 0.6 is 0 Å². The molecule has 1 amide bonds. The molecule has 5 nitrogen and oxygen atoms in total. The van der Waals surface area contributed by atoms with E-state index in [4.69, 9.17) is 9.47 Å². The van der Waals surface area contributed by atoms with Crippen LogP contribution in [0, 0.1) is 13.8 Å². The summed E-state index contributed by atoms with van der Waals surface area (Å²) in [5, 5.41) is 2.74. The maximum absolute atomic E-state index is 12.0. The second-order valence-electron chi connectivity index (χ2n) is 6.07. The molecule has 2 aromatic rings. The van der Waals surface area contributed by atoms with E-state index in [1.807, 2.05) is 32.0 Å². The molecule has 0 bridgehead atoms. The summed E-state index contributed by atoms with van der Waals surface area (Å²) >= 11 is 0. The van der Waals surface area contributed by atoms with Crippen LogP contribution in [0.25, 0.3) is 0 Å². The maximum Gasteiger partial charge on any atom is 0.338 e. The van der Waals surface area contributed by atoms with Gasteiger partial charge in [-0.25, -0.2) is 4.79 Å². The highest BCUT2D eigenvalue weighted by Crippen LogP contribution is 2.20. The molecule has 25 heavy (non-hydrogen) atoms. The van der Waals surface area contributed by atoms with Crippen molar-refractivity contribution in [2.45, 2.75) is 33.8 Å². The quantitative estimate of drug-likeness (QED) is 0.810. The number of carbonyl (C=O) groups is 2. The Hall–Kier alpha value is -2.82.